The molecule has 39 heteroatoms. The second kappa shape index (κ2) is 42.1. The lowest BCUT2D eigenvalue weighted by Gasteiger charge is -2.29. The minimum absolute atomic E-state index is 0.00567. The highest BCUT2D eigenvalue weighted by atomic mass is 31.2. The third kappa shape index (κ3) is 19.3. The molecule has 12 aliphatic heterocycles. The van der Waals surface area contributed by atoms with Gasteiger partial charge in [0.1, 0.15) is 83.4 Å². The summed E-state index contributed by atoms with van der Waals surface area (Å²) in [7, 11) is -0.968. The van der Waals surface area contributed by atoms with Crippen LogP contribution >= 0.6 is 34.1 Å². The van der Waals surface area contributed by atoms with E-state index in [9.17, 15) is 4.79 Å². The van der Waals surface area contributed by atoms with E-state index in [-0.39, 0.29) is 103 Å². The predicted molar refractivity (Wildman–Crippen MR) is 531 cm³/mol. The molecule has 0 aliphatic carbocycles. The number of ether oxygens (including phenoxy) is 5. The average Bonchev–Trinajstić information content (AvgIpc) is 1.59. The summed E-state index contributed by atoms with van der Waals surface area (Å²) in [6.45, 7) is 29.3. The largest absolute Gasteiger partial charge is 0.499 e. The molecule has 4 aromatic carbocycles. The van der Waals surface area contributed by atoms with Crippen molar-refractivity contribution in [2.45, 2.75) is 313 Å². The van der Waals surface area contributed by atoms with Crippen molar-refractivity contribution in [1.29, 1.82) is 5.26 Å². The molecule has 140 heavy (non-hydrogen) atoms. The van der Waals surface area contributed by atoms with E-state index >= 15 is 0 Å². The number of nitrogens with zero attached hydrogens (tertiary/aromatic N) is 20. The summed E-state index contributed by atoms with van der Waals surface area (Å²) in [5.41, 5.74) is 10.2. The molecule has 7 aromatic heterocycles. The number of nitriles is 1. The Morgan fingerprint density at radius 3 is 1.21 bits per heavy atom. The topological polar surface area (TPSA) is 340 Å². The quantitative estimate of drug-likeness (QED) is 0.0183. The van der Waals surface area contributed by atoms with Crippen LogP contribution in [-0.2, 0) is 77.5 Å². The van der Waals surface area contributed by atoms with E-state index in [0.717, 1.165) is 143 Å². The third-order valence-corrected chi connectivity index (χ3v) is 37.4. The van der Waals surface area contributed by atoms with Crippen molar-refractivity contribution in [3.05, 3.63) is 215 Å². The number of aryl methyl sites for hydroxylation is 4. The summed E-state index contributed by atoms with van der Waals surface area (Å²) < 4.78 is 103. The number of H-pyrrole nitrogens is 1. The fourth-order valence-corrected chi connectivity index (χ4v) is 30.9. The Balaban J connectivity index is 0.000000115. The van der Waals surface area contributed by atoms with Crippen molar-refractivity contribution in [3.63, 3.8) is 0 Å². The zero-order chi connectivity index (χ0) is 96.9. The van der Waals surface area contributed by atoms with E-state index in [2.05, 4.69) is 244 Å². The minimum Gasteiger partial charge on any atom is -0.475 e. The number of rotatable bonds is 25. The third-order valence-electron chi connectivity index (χ3n) is 29.8. The summed E-state index contributed by atoms with van der Waals surface area (Å²) in [5.74, 6) is 1.51. The molecule has 0 saturated carbocycles. The highest BCUT2D eigenvalue weighted by Gasteiger charge is 2.62. The lowest BCUT2D eigenvalue weighted by atomic mass is 9.87. The fourth-order valence-electron chi connectivity index (χ4n) is 22.3. The van der Waals surface area contributed by atoms with Crippen molar-refractivity contribution < 1.29 is 64.4 Å². The summed E-state index contributed by atoms with van der Waals surface area (Å²) in [6.07, 6.45) is 26.1. The second-order valence-corrected chi connectivity index (χ2v) is 44.6. The van der Waals surface area contributed by atoms with E-state index in [1.54, 1.807) is 29.9 Å². The van der Waals surface area contributed by atoms with Crippen LogP contribution in [-0.4, -0.2) is 213 Å². The highest BCUT2D eigenvalue weighted by Crippen LogP contribution is 2.69. The summed E-state index contributed by atoms with van der Waals surface area (Å²) >= 11 is 0. The molecule has 12 saturated heterocycles. The number of aliphatic imine (C=N–C) groups is 1. The maximum Gasteiger partial charge on any atom is 0.499 e. The molecule has 0 amide bonds. The van der Waals surface area contributed by atoms with E-state index in [1.165, 1.54) is 35.1 Å². The van der Waals surface area contributed by atoms with Gasteiger partial charge in [0.15, 0.2) is 22.5 Å². The van der Waals surface area contributed by atoms with Gasteiger partial charge in [-0.1, -0.05) is 149 Å². The van der Waals surface area contributed by atoms with E-state index in [0.29, 0.717) is 65.7 Å². The van der Waals surface area contributed by atoms with E-state index in [1.807, 2.05) is 91.4 Å². The highest BCUT2D eigenvalue weighted by molar-refractivity contribution is 7.45. The molecule has 35 nitrogen and oxygen atoms in total. The number of aromatic amines is 1. The van der Waals surface area contributed by atoms with Gasteiger partial charge in [-0.25, -0.2) is 58.6 Å². The Morgan fingerprint density at radius 1 is 0.486 bits per heavy atom. The summed E-state index contributed by atoms with van der Waals surface area (Å²) in [6, 6.07) is 45.6. The number of nitrogens with one attached hydrogen (secondary N) is 1. The number of benzene rings is 4. The Hall–Kier alpha value is -8.75. The standard InChI is InChI=1S/C27H33N6O4P.C26H36N5O4P.2C24H30N5O3P/c1-4-20-21(36-38-33-14-8-12-22(33)27(3,37-38)19-10-6-5-7-11-19)16-23(35-20)32-17-29-24-25(32)30-18(2)31-26(24)34-15-9-13-28;1-6-20-21(15-23(33-20)30-16-18(2)24(28-25(30)32)27-17-29(4)5)34-36-31-14-10-13-22(31)26(3,35-36)19-11-8-7-9-12-19;2*1-4-18-19(13-21(30-18)28-15-27-22-16(2)25-14-26-23(22)28)31-33-29-12-8-11-20(29)24(3,32-33)17-9-6-5-7-10-17/h5-7,10-11,17,20-23H,4,8-9,12,14-16H2,1-3H3;7-9,11-12,16-17,20-23H,6,10,13-15H2,1-5H3;2*5-7,9-10,14-15,18-21H,4,8,11-13H2,1-3H3/p+1/t20-,21?,22-,23-,27+,38-;20-,21?,22+,23-,26-,36+;18-,19?,20+,21-,24-,33+;18-,19?,20-,21-,24+,33-/m1111/s1. The molecule has 11 aromatic rings. The molecule has 12 fully saturated rings. The first-order valence-electron chi connectivity index (χ1n) is 49.9. The van der Waals surface area contributed by atoms with Crippen LogP contribution in [0.2, 0.25) is 0 Å². The lowest BCUT2D eigenvalue weighted by Crippen LogP contribution is -2.54. The lowest BCUT2D eigenvalue weighted by molar-refractivity contribution is -0.774. The Morgan fingerprint density at radius 2 is 0.843 bits per heavy atom. The molecule has 1 N–H and O–H groups in total. The predicted octanol–water partition coefficient (Wildman–Crippen LogP) is 18.8. The molecule has 0 bridgehead atoms. The number of fused-ring (bicyclic) bond motifs is 7. The van der Waals surface area contributed by atoms with Crippen LogP contribution in [0.15, 0.2) is 169 Å². The summed E-state index contributed by atoms with van der Waals surface area (Å²) in [5, 5.41) is 8.85. The van der Waals surface area contributed by atoms with Crippen LogP contribution in [0, 0.1) is 39.0 Å². The molecule has 23 rings (SSSR count). The fraction of sp³-hybridized carbons (Fsp3) is 0.554. The van der Waals surface area contributed by atoms with E-state index < -0.39 is 45.9 Å². The van der Waals surface area contributed by atoms with Gasteiger partial charge in [-0.2, -0.15) is 29.6 Å². The van der Waals surface area contributed by atoms with Crippen LogP contribution < -0.4 is 15.0 Å². The van der Waals surface area contributed by atoms with Gasteiger partial charge < -0.3 is 64.8 Å². The number of hydrogen-bond acceptors (Lipinski definition) is 29. The van der Waals surface area contributed by atoms with Crippen LogP contribution in [0.5, 0.6) is 5.88 Å². The first kappa shape index (κ1) is 98.6. The average molecular weight is 1990 g/mol. The minimum atomic E-state index is -1.22. The smallest absolute Gasteiger partial charge is 0.475 e. The number of imidazole rings is 3. The van der Waals surface area contributed by atoms with Crippen LogP contribution in [0.3, 0.4) is 0 Å². The molecule has 4 unspecified atom stereocenters. The maximum absolute atomic E-state index is 12.9. The van der Waals surface area contributed by atoms with Crippen molar-refractivity contribution >= 4 is 79.8 Å². The molecule has 19 heterocycles. The van der Waals surface area contributed by atoms with Crippen LogP contribution in [0.25, 0.3) is 33.5 Å². The van der Waals surface area contributed by atoms with Gasteiger partial charge in [0.2, 0.25) is 17.9 Å². The number of hydrogen-bond donors (Lipinski definition) is 1. The van der Waals surface area contributed by atoms with Gasteiger partial charge in [-0.3, -0.25) is 13.7 Å². The molecule has 0 spiro atoms. The monoisotopic (exact) mass is 1980 g/mol. The van der Waals surface area contributed by atoms with Crippen molar-refractivity contribution in [2.24, 2.45) is 4.99 Å². The van der Waals surface area contributed by atoms with E-state index in [4.69, 9.17) is 65.1 Å². The molecule has 0 radical (unpaired) electrons. The molecular weight excluding hydrogens is 1860 g/mol. The van der Waals surface area contributed by atoms with Crippen molar-refractivity contribution in [2.75, 3.05) is 46.9 Å². The second-order valence-electron chi connectivity index (χ2n) is 39.1. The van der Waals surface area contributed by atoms with Crippen LogP contribution in [0.4, 0.5) is 5.82 Å². The normalized spacial score (nSPS) is 33.0. The zero-order valence-corrected chi connectivity index (χ0v) is 85.9. The van der Waals surface area contributed by atoms with Gasteiger partial charge in [-0.15, -0.1) is 0 Å². The zero-order valence-electron chi connectivity index (χ0n) is 82.3. The van der Waals surface area contributed by atoms with Gasteiger partial charge in [-0.05, 0) is 155 Å². The van der Waals surface area contributed by atoms with Gasteiger partial charge in [0, 0.05) is 66.0 Å². The molecule has 12 aliphatic rings. The van der Waals surface area contributed by atoms with Gasteiger partial charge in [0.25, 0.3) is 34.1 Å². The number of aromatic nitrogens is 14. The van der Waals surface area contributed by atoms with Crippen LogP contribution in [0.1, 0.15) is 234 Å². The van der Waals surface area contributed by atoms with Gasteiger partial charge in [0.05, 0.1) is 128 Å². The first-order valence-corrected chi connectivity index (χ1v) is 54.4. The molecular formula is C101H130N21O14P4+. The maximum atomic E-state index is 12.9. The first-order chi connectivity index (χ1) is 68.0. The Bertz CT molecular complexity index is 6080. The Kier molecular flexibility index (Phi) is 29.7. The summed E-state index contributed by atoms with van der Waals surface area (Å²) in [4.78, 5) is 62.1. The Labute approximate surface area is 823 Å². The molecule has 742 valence electrons. The van der Waals surface area contributed by atoms with Crippen molar-refractivity contribution in [1.82, 2.24) is 87.1 Å². The van der Waals surface area contributed by atoms with Crippen molar-refractivity contribution in [3.8, 4) is 11.9 Å². The van der Waals surface area contributed by atoms with Gasteiger partial charge >= 0.3 is 5.69 Å². The molecule has 24 atom stereocenters. The SMILES string of the molecule is CC[C@H]1O[C@@H]([n+]2cc(C)c(N=CN(C)C)[nH]c2=O)CC1O[P@@]1O[C@](C)(c2ccccc2)[C@@H]2CCCN21.CC[C@H]1O[C@@H](n2cnc3c(C)ncnc32)CC1O[P@@]1O[C@](C)(c2ccccc2)[C@@H]2CCCN21.CC[C@H]1O[C@@H](n2cnc3c(C)ncnc32)CC1O[P@]1O[C@@](C)(c2ccccc2)[C@H]2CCCN21.CC[C@H]1O[C@@H](n2cnc3c(OCCC#N)nc(C)nc32)CC1O[P@]1O[C@@](C)(c2ccccc2)[C@H]2CCCN21.